The first-order chi connectivity index (χ1) is 7.81. The molecule has 0 spiro atoms. The van der Waals surface area contributed by atoms with Gasteiger partial charge in [0.1, 0.15) is 0 Å². The van der Waals surface area contributed by atoms with Crippen molar-refractivity contribution in [3.05, 3.63) is 48.4 Å². The van der Waals surface area contributed by atoms with Crippen LogP contribution in [0.3, 0.4) is 0 Å². The number of rotatable bonds is 2. The number of carbonyl (C=O) groups is 1. The molecular weight excluding hydrogens is 204 g/mol. The van der Waals surface area contributed by atoms with Crippen molar-refractivity contribution in [1.82, 2.24) is 9.97 Å². The summed E-state index contributed by atoms with van der Waals surface area (Å²) in [5.74, 6) is -0.356. The zero-order valence-electron chi connectivity index (χ0n) is 8.75. The molecule has 16 heavy (non-hydrogen) atoms. The largest absolute Gasteiger partial charge is 0.465 e. The van der Waals surface area contributed by atoms with Gasteiger partial charge in [-0.25, -0.2) is 4.79 Å². The summed E-state index contributed by atoms with van der Waals surface area (Å²) in [6.45, 7) is 0. The lowest BCUT2D eigenvalue weighted by molar-refractivity contribution is 0.0601. The molecule has 0 amide bonds. The van der Waals surface area contributed by atoms with Gasteiger partial charge in [0.15, 0.2) is 0 Å². The molecular formula is C12H10N2O2. The summed E-state index contributed by atoms with van der Waals surface area (Å²) >= 11 is 0. The minimum Gasteiger partial charge on any atom is -0.465 e. The lowest BCUT2D eigenvalue weighted by Gasteiger charge is -2.02. The van der Waals surface area contributed by atoms with Crippen LogP contribution >= 0.6 is 0 Å². The van der Waals surface area contributed by atoms with E-state index in [-0.39, 0.29) is 5.97 Å². The standard InChI is InChI=1S/C12H10N2O2/c1-16-12(15)10-4-2-3-9(7-10)11-8-13-5-6-14-11/h2-8H,1H3. The first-order valence-corrected chi connectivity index (χ1v) is 4.76. The van der Waals surface area contributed by atoms with Crippen LogP contribution in [-0.4, -0.2) is 23.0 Å². The Morgan fingerprint density at radius 2 is 2.19 bits per heavy atom. The summed E-state index contributed by atoms with van der Waals surface area (Å²) in [7, 11) is 1.36. The fourth-order valence-electron chi connectivity index (χ4n) is 1.37. The van der Waals surface area contributed by atoms with Crippen LogP contribution in [0.2, 0.25) is 0 Å². The molecule has 0 aliphatic carbocycles. The molecule has 0 saturated heterocycles. The quantitative estimate of drug-likeness (QED) is 0.717. The van der Waals surface area contributed by atoms with Gasteiger partial charge in [0.05, 0.1) is 24.6 Å². The van der Waals surface area contributed by atoms with Gasteiger partial charge in [0.2, 0.25) is 0 Å². The highest BCUT2D eigenvalue weighted by molar-refractivity contribution is 5.90. The average molecular weight is 214 g/mol. The van der Waals surface area contributed by atoms with Gasteiger partial charge in [-0.2, -0.15) is 0 Å². The van der Waals surface area contributed by atoms with Crippen molar-refractivity contribution in [3.8, 4) is 11.3 Å². The molecule has 4 nitrogen and oxygen atoms in total. The summed E-state index contributed by atoms with van der Waals surface area (Å²) < 4.78 is 4.65. The fraction of sp³-hybridized carbons (Fsp3) is 0.0833. The number of hydrogen-bond acceptors (Lipinski definition) is 4. The van der Waals surface area contributed by atoms with Crippen LogP contribution in [0.4, 0.5) is 0 Å². The Morgan fingerprint density at radius 3 is 2.88 bits per heavy atom. The van der Waals surface area contributed by atoms with Gasteiger partial charge >= 0.3 is 5.97 Å². The lowest BCUT2D eigenvalue weighted by atomic mass is 10.1. The topological polar surface area (TPSA) is 52.1 Å². The van der Waals surface area contributed by atoms with Gasteiger partial charge in [0, 0.05) is 18.0 Å². The first kappa shape index (κ1) is 10.3. The van der Waals surface area contributed by atoms with Crippen LogP contribution in [0.1, 0.15) is 10.4 Å². The number of esters is 1. The highest BCUT2D eigenvalue weighted by atomic mass is 16.5. The Morgan fingerprint density at radius 1 is 1.31 bits per heavy atom. The molecule has 2 aromatic rings. The Kier molecular flexibility index (Phi) is 2.91. The molecule has 0 aliphatic heterocycles. The van der Waals surface area contributed by atoms with Crippen molar-refractivity contribution < 1.29 is 9.53 Å². The third-order valence-corrected chi connectivity index (χ3v) is 2.14. The van der Waals surface area contributed by atoms with Gasteiger partial charge in [-0.1, -0.05) is 12.1 Å². The molecule has 0 radical (unpaired) electrons. The number of methoxy groups -OCH3 is 1. The number of nitrogens with zero attached hydrogens (tertiary/aromatic N) is 2. The van der Waals surface area contributed by atoms with Gasteiger partial charge in [0.25, 0.3) is 0 Å². The predicted octanol–water partition coefficient (Wildman–Crippen LogP) is 1.93. The highest BCUT2D eigenvalue weighted by Crippen LogP contribution is 2.17. The van der Waals surface area contributed by atoms with Crippen molar-refractivity contribution in [3.63, 3.8) is 0 Å². The van der Waals surface area contributed by atoms with Crippen LogP contribution in [0.15, 0.2) is 42.9 Å². The normalized spacial score (nSPS) is 9.81. The second-order valence-corrected chi connectivity index (χ2v) is 3.16. The zero-order chi connectivity index (χ0) is 11.4. The molecule has 0 fully saturated rings. The molecule has 1 aromatic carbocycles. The SMILES string of the molecule is COC(=O)c1cccc(-c2cnccn2)c1. The van der Waals surface area contributed by atoms with E-state index in [0.29, 0.717) is 5.56 Å². The minimum absolute atomic E-state index is 0.356. The minimum atomic E-state index is -0.356. The molecule has 0 atom stereocenters. The smallest absolute Gasteiger partial charge is 0.337 e. The van der Waals surface area contributed by atoms with E-state index < -0.39 is 0 Å². The third kappa shape index (κ3) is 2.06. The van der Waals surface area contributed by atoms with E-state index in [9.17, 15) is 4.79 Å². The molecule has 2 rings (SSSR count). The van der Waals surface area contributed by atoms with Gasteiger partial charge in [-0.15, -0.1) is 0 Å². The summed E-state index contributed by atoms with van der Waals surface area (Å²) in [4.78, 5) is 19.5. The maximum atomic E-state index is 11.3. The number of hydrogen-bond donors (Lipinski definition) is 0. The van der Waals surface area contributed by atoms with E-state index in [1.807, 2.05) is 6.07 Å². The van der Waals surface area contributed by atoms with E-state index in [2.05, 4.69) is 14.7 Å². The van der Waals surface area contributed by atoms with Crippen LogP contribution in [0, 0.1) is 0 Å². The molecule has 0 N–H and O–H groups in total. The van der Waals surface area contributed by atoms with Crippen LogP contribution in [0.25, 0.3) is 11.3 Å². The van der Waals surface area contributed by atoms with Crippen molar-refractivity contribution >= 4 is 5.97 Å². The van der Waals surface area contributed by atoms with E-state index >= 15 is 0 Å². The third-order valence-electron chi connectivity index (χ3n) is 2.14. The zero-order valence-corrected chi connectivity index (χ0v) is 8.75. The Balaban J connectivity index is 2.40. The highest BCUT2D eigenvalue weighted by Gasteiger charge is 2.06. The van der Waals surface area contributed by atoms with E-state index in [0.717, 1.165) is 11.3 Å². The summed E-state index contributed by atoms with van der Waals surface area (Å²) in [5, 5.41) is 0. The van der Waals surface area contributed by atoms with Gasteiger partial charge in [-0.3, -0.25) is 9.97 Å². The number of carbonyl (C=O) groups excluding carboxylic acids is 1. The number of benzene rings is 1. The molecule has 1 heterocycles. The average Bonchev–Trinajstić information content (AvgIpc) is 2.39. The molecule has 0 bridgehead atoms. The molecule has 1 aromatic heterocycles. The molecule has 0 aliphatic rings. The molecule has 0 unspecified atom stereocenters. The van der Waals surface area contributed by atoms with Crippen LogP contribution in [0.5, 0.6) is 0 Å². The Hall–Kier alpha value is -2.23. The summed E-state index contributed by atoms with van der Waals surface area (Å²) in [6.07, 6.45) is 4.87. The number of aromatic nitrogens is 2. The molecule has 0 saturated carbocycles. The monoisotopic (exact) mass is 214 g/mol. The molecule has 80 valence electrons. The lowest BCUT2D eigenvalue weighted by Crippen LogP contribution is -2.00. The predicted molar refractivity (Wildman–Crippen MR) is 58.8 cm³/mol. The van der Waals surface area contributed by atoms with E-state index in [4.69, 9.17) is 0 Å². The summed E-state index contributed by atoms with van der Waals surface area (Å²) in [6, 6.07) is 7.09. The number of ether oxygens (including phenoxy) is 1. The van der Waals surface area contributed by atoms with E-state index in [1.165, 1.54) is 7.11 Å². The maximum Gasteiger partial charge on any atom is 0.337 e. The van der Waals surface area contributed by atoms with Crippen LogP contribution in [-0.2, 0) is 4.74 Å². The van der Waals surface area contributed by atoms with Crippen molar-refractivity contribution in [2.24, 2.45) is 0 Å². The first-order valence-electron chi connectivity index (χ1n) is 4.76. The Bertz CT molecular complexity index is 497. The molecule has 4 heteroatoms. The van der Waals surface area contributed by atoms with Crippen molar-refractivity contribution in [2.75, 3.05) is 7.11 Å². The van der Waals surface area contributed by atoms with Gasteiger partial charge < -0.3 is 4.74 Å². The maximum absolute atomic E-state index is 11.3. The second kappa shape index (κ2) is 4.53. The second-order valence-electron chi connectivity index (χ2n) is 3.16. The van der Waals surface area contributed by atoms with Crippen LogP contribution < -0.4 is 0 Å². The van der Waals surface area contributed by atoms with Gasteiger partial charge in [-0.05, 0) is 12.1 Å². The Labute approximate surface area is 92.9 Å². The fourth-order valence-corrected chi connectivity index (χ4v) is 1.37. The van der Waals surface area contributed by atoms with Crippen molar-refractivity contribution in [2.45, 2.75) is 0 Å². The van der Waals surface area contributed by atoms with E-state index in [1.54, 1.807) is 36.8 Å². The van der Waals surface area contributed by atoms with Crippen molar-refractivity contribution in [1.29, 1.82) is 0 Å². The summed E-state index contributed by atoms with van der Waals surface area (Å²) in [5.41, 5.74) is 2.08.